The minimum Gasteiger partial charge on any atom is -0.460 e. The first-order valence-corrected chi connectivity index (χ1v) is 18.4. The summed E-state index contributed by atoms with van der Waals surface area (Å²) in [6, 6.07) is 20.4. The lowest BCUT2D eigenvalue weighted by Crippen LogP contribution is -2.32. The Balaban J connectivity index is 1.10. The second kappa shape index (κ2) is 14.9. The zero-order valence-electron chi connectivity index (χ0n) is 30.7. The van der Waals surface area contributed by atoms with Crippen LogP contribution >= 0.6 is 0 Å². The zero-order chi connectivity index (χ0) is 38.4. The van der Waals surface area contributed by atoms with Gasteiger partial charge >= 0.3 is 12.6 Å². The van der Waals surface area contributed by atoms with Crippen molar-refractivity contribution in [2.24, 2.45) is 11.7 Å². The number of carbonyl (C=O) groups is 1. The maximum Gasteiger partial charge on any atom is 0.387 e. The van der Waals surface area contributed by atoms with Crippen molar-refractivity contribution in [3.05, 3.63) is 88.5 Å². The summed E-state index contributed by atoms with van der Waals surface area (Å²) >= 11 is 0. The van der Waals surface area contributed by atoms with Crippen LogP contribution in [0.5, 0.6) is 5.75 Å². The van der Waals surface area contributed by atoms with Gasteiger partial charge in [0, 0.05) is 48.4 Å². The number of benzene rings is 4. The lowest BCUT2D eigenvalue weighted by molar-refractivity contribution is -0.147. The fraction of sp³-hybridized carbons (Fsp3) is 0.333. The number of nitriles is 1. The van der Waals surface area contributed by atoms with Gasteiger partial charge in [0.25, 0.3) is 0 Å². The molecule has 55 heavy (non-hydrogen) atoms. The maximum atomic E-state index is 13.4. The van der Waals surface area contributed by atoms with Crippen molar-refractivity contribution in [3.63, 3.8) is 0 Å². The molecule has 2 unspecified atom stereocenters. The predicted molar refractivity (Wildman–Crippen MR) is 202 cm³/mol. The highest BCUT2D eigenvalue weighted by Gasteiger charge is 2.28. The number of alkyl halides is 2. The number of aromatic nitrogens is 2. The fourth-order valence-electron chi connectivity index (χ4n) is 7.75. The minimum atomic E-state index is -3.09. The number of nitrogens with one attached hydrogen (secondary N) is 1. The lowest BCUT2D eigenvalue weighted by Gasteiger charge is -2.15. The van der Waals surface area contributed by atoms with E-state index in [4.69, 9.17) is 34.0 Å². The van der Waals surface area contributed by atoms with E-state index in [-0.39, 0.29) is 29.5 Å². The van der Waals surface area contributed by atoms with Crippen molar-refractivity contribution in [1.29, 1.82) is 5.26 Å². The number of hydrogen-bond acceptors (Lipinski definition) is 11. The molecule has 2 saturated heterocycles. The number of nitrogens with two attached hydrogens (primary N) is 1. The number of likely N-dealkylation sites (tertiary alicyclic amines) is 1. The van der Waals surface area contributed by atoms with Gasteiger partial charge in [-0.15, -0.1) is 0 Å². The summed E-state index contributed by atoms with van der Waals surface area (Å²) < 4.78 is 49.5. The molecular formula is C42H40F2N6O5. The van der Waals surface area contributed by atoms with E-state index in [1.807, 2.05) is 62.4 Å². The summed E-state index contributed by atoms with van der Waals surface area (Å²) in [5.41, 5.74) is 14.8. The molecule has 0 amide bonds. The van der Waals surface area contributed by atoms with Gasteiger partial charge in [-0.2, -0.15) is 14.0 Å². The Kier molecular flexibility index (Phi) is 9.81. The van der Waals surface area contributed by atoms with Gasteiger partial charge in [0.2, 0.25) is 11.8 Å². The highest BCUT2D eigenvalue weighted by atomic mass is 19.3. The molecule has 2 aliphatic rings. The Bertz CT molecular complexity index is 2450. The molecule has 0 spiro atoms. The van der Waals surface area contributed by atoms with Gasteiger partial charge < -0.3 is 29.4 Å². The number of carbonyl (C=O) groups excluding carboxylic acids is 1. The first kappa shape index (κ1) is 36.3. The molecule has 2 aromatic heterocycles. The van der Waals surface area contributed by atoms with Crippen LogP contribution in [0.4, 0.5) is 8.78 Å². The molecule has 6 aromatic rings. The van der Waals surface area contributed by atoms with Gasteiger partial charge in [0.1, 0.15) is 35.5 Å². The summed E-state index contributed by atoms with van der Waals surface area (Å²) in [4.78, 5) is 24.4. The van der Waals surface area contributed by atoms with Crippen LogP contribution in [0.2, 0.25) is 0 Å². The molecule has 0 saturated carbocycles. The highest BCUT2D eigenvalue weighted by molar-refractivity contribution is 5.86. The Morgan fingerprint density at radius 1 is 1.00 bits per heavy atom. The molecule has 3 N–H and O–H groups in total. The normalized spacial score (nSPS) is 18.8. The van der Waals surface area contributed by atoms with Gasteiger partial charge in [-0.3, -0.25) is 9.69 Å². The van der Waals surface area contributed by atoms with Crippen LogP contribution in [0, 0.1) is 31.1 Å². The second-order valence-electron chi connectivity index (χ2n) is 14.5. The Hall–Kier alpha value is -5.68. The van der Waals surface area contributed by atoms with Gasteiger partial charge in [0.05, 0.1) is 5.56 Å². The van der Waals surface area contributed by atoms with Crippen LogP contribution in [-0.2, 0) is 22.7 Å². The average molecular weight is 747 g/mol. The molecule has 11 nitrogen and oxygen atoms in total. The molecule has 2 fully saturated rings. The monoisotopic (exact) mass is 746 g/mol. The average Bonchev–Trinajstić information content (AvgIpc) is 3.98. The van der Waals surface area contributed by atoms with E-state index >= 15 is 0 Å². The van der Waals surface area contributed by atoms with Crippen molar-refractivity contribution in [2.45, 2.75) is 65.5 Å². The van der Waals surface area contributed by atoms with Crippen molar-refractivity contribution in [3.8, 4) is 45.9 Å². The van der Waals surface area contributed by atoms with Gasteiger partial charge in [-0.25, -0.2) is 9.97 Å². The zero-order valence-corrected chi connectivity index (χ0v) is 30.7. The van der Waals surface area contributed by atoms with Crippen molar-refractivity contribution in [2.75, 3.05) is 19.6 Å². The molecule has 2 aliphatic heterocycles. The standard InChI is InChI=1S/C42H40F2N6O5/c1-22-18-50(20-32(22)46)19-25-13-26(17-45)38-35(14-25)49-40(55-38)31-10-5-8-29(24(31)3)28-7-4-9-30(23(28)2)39-48-34-15-27(21-52-41(51)33-11-6-12-47-33)36(54-42(43)44)16-37(34)53-39/h4-5,7-10,13-16,22,32-33,42,47H,6,11-12,18-21,46H2,1-3H3/t22?,32?,33-/m0/s1. The largest absolute Gasteiger partial charge is 0.460 e. The van der Waals surface area contributed by atoms with Crippen molar-refractivity contribution < 1.29 is 31.9 Å². The quantitative estimate of drug-likeness (QED) is 0.133. The number of fused-ring (bicyclic) bond motifs is 2. The van der Waals surface area contributed by atoms with E-state index in [9.17, 15) is 18.8 Å². The Morgan fingerprint density at radius 2 is 1.69 bits per heavy atom. The van der Waals surface area contributed by atoms with E-state index < -0.39 is 18.6 Å². The minimum absolute atomic E-state index is 0.132. The Morgan fingerprint density at radius 3 is 2.33 bits per heavy atom. The fourth-order valence-corrected chi connectivity index (χ4v) is 7.75. The topological polar surface area (TPSA) is 153 Å². The number of rotatable bonds is 10. The number of ether oxygens (including phenoxy) is 2. The molecule has 0 bridgehead atoms. The van der Waals surface area contributed by atoms with Gasteiger partial charge in [-0.05, 0) is 97.3 Å². The van der Waals surface area contributed by atoms with Gasteiger partial charge in [-0.1, -0.05) is 31.2 Å². The number of oxazole rings is 2. The number of nitrogens with zero attached hydrogens (tertiary/aromatic N) is 4. The van der Waals surface area contributed by atoms with E-state index in [0.717, 1.165) is 59.4 Å². The van der Waals surface area contributed by atoms with Crippen molar-refractivity contribution >= 4 is 28.2 Å². The summed E-state index contributed by atoms with van der Waals surface area (Å²) in [5, 5.41) is 13.1. The molecule has 13 heteroatoms. The van der Waals surface area contributed by atoms with Crippen LogP contribution < -0.4 is 15.8 Å². The third-order valence-electron chi connectivity index (χ3n) is 10.7. The summed E-state index contributed by atoms with van der Waals surface area (Å²) in [5.74, 6) is 0.514. The van der Waals surface area contributed by atoms with Crippen molar-refractivity contribution in [1.82, 2.24) is 20.2 Å². The van der Waals surface area contributed by atoms with E-state index in [1.54, 1.807) is 6.07 Å². The predicted octanol–water partition coefficient (Wildman–Crippen LogP) is 7.63. The van der Waals surface area contributed by atoms with Crippen LogP contribution in [0.1, 0.15) is 47.6 Å². The SMILES string of the molecule is Cc1c(-c2nc3cc(COC(=O)[C@@H]4CCCN4)c(OC(F)F)cc3o2)cccc1-c1cccc(-c2nc3cc(CN4CC(C)C(N)C4)cc(C#N)c3o2)c1C. The maximum absolute atomic E-state index is 13.4. The van der Waals surface area contributed by atoms with Crippen LogP contribution in [0.25, 0.3) is 56.2 Å². The summed E-state index contributed by atoms with van der Waals surface area (Å²) in [7, 11) is 0. The molecule has 4 heterocycles. The molecule has 3 atom stereocenters. The smallest absolute Gasteiger partial charge is 0.387 e. The molecule has 8 rings (SSSR count). The highest BCUT2D eigenvalue weighted by Crippen LogP contribution is 2.39. The van der Waals surface area contributed by atoms with E-state index in [2.05, 4.69) is 23.2 Å². The summed E-state index contributed by atoms with van der Waals surface area (Å²) in [6.07, 6.45) is 1.51. The molecule has 0 aliphatic carbocycles. The van der Waals surface area contributed by atoms with Crippen LogP contribution in [0.15, 0.2) is 69.5 Å². The first-order chi connectivity index (χ1) is 26.6. The van der Waals surface area contributed by atoms with Gasteiger partial charge in [0.15, 0.2) is 11.2 Å². The summed E-state index contributed by atoms with van der Waals surface area (Å²) in [6.45, 7) is 5.88. The second-order valence-corrected chi connectivity index (χ2v) is 14.5. The molecular weight excluding hydrogens is 706 g/mol. The van der Waals surface area contributed by atoms with E-state index in [0.29, 0.717) is 58.4 Å². The van der Waals surface area contributed by atoms with E-state index in [1.165, 1.54) is 6.07 Å². The molecule has 282 valence electrons. The first-order valence-electron chi connectivity index (χ1n) is 18.4. The molecule has 4 aromatic carbocycles. The Labute approximate surface area is 316 Å². The molecule has 0 radical (unpaired) electrons. The number of esters is 1. The number of halogens is 2. The third kappa shape index (κ3) is 7.16. The third-order valence-corrected chi connectivity index (χ3v) is 10.7. The van der Waals surface area contributed by atoms with Crippen LogP contribution in [0.3, 0.4) is 0 Å². The number of hydrogen-bond donors (Lipinski definition) is 2. The van der Waals surface area contributed by atoms with Crippen LogP contribution in [-0.4, -0.2) is 59.2 Å². The lowest BCUT2D eigenvalue weighted by atomic mass is 9.91.